The van der Waals surface area contributed by atoms with E-state index in [0.29, 0.717) is 6.04 Å². The first-order valence-corrected chi connectivity index (χ1v) is 12.7. The second-order valence-electron chi connectivity index (χ2n) is 8.06. The Bertz CT molecular complexity index is 1220. The summed E-state index contributed by atoms with van der Waals surface area (Å²) in [6.45, 7) is 8.92. The molecule has 0 aliphatic heterocycles. The summed E-state index contributed by atoms with van der Waals surface area (Å²) in [6.07, 6.45) is 3.77. The van der Waals surface area contributed by atoms with Crippen molar-refractivity contribution in [3.63, 3.8) is 0 Å². The van der Waals surface area contributed by atoms with E-state index in [9.17, 15) is 0 Å². The molecule has 0 saturated heterocycles. The van der Waals surface area contributed by atoms with Crippen LogP contribution in [0, 0.1) is 13.8 Å². The predicted octanol–water partition coefficient (Wildman–Crippen LogP) is 4.17. The first-order valence-electron chi connectivity index (χ1n) is 10.2. The molecule has 0 spiro atoms. The third-order valence-corrected chi connectivity index (χ3v) is 9.47. The van der Waals surface area contributed by atoms with Gasteiger partial charge in [0.25, 0.3) is 0 Å². The fourth-order valence-corrected chi connectivity index (χ4v) is 6.29. The van der Waals surface area contributed by atoms with Gasteiger partial charge in [0.2, 0.25) is 5.69 Å². The van der Waals surface area contributed by atoms with Crippen LogP contribution in [0.5, 0.6) is 0 Å². The quantitative estimate of drug-likeness (QED) is 0.383. The van der Waals surface area contributed by atoms with E-state index in [1.54, 1.807) is 0 Å². The van der Waals surface area contributed by atoms with Gasteiger partial charge in [0, 0.05) is 25.4 Å². The molecule has 0 saturated carbocycles. The topological polar surface area (TPSA) is 16.8 Å². The van der Waals surface area contributed by atoms with Gasteiger partial charge in [0.05, 0.1) is 12.3 Å². The van der Waals surface area contributed by atoms with Crippen molar-refractivity contribution in [1.82, 2.24) is 4.98 Å². The van der Waals surface area contributed by atoms with Crippen LogP contribution in [0.1, 0.15) is 12.6 Å². The summed E-state index contributed by atoms with van der Waals surface area (Å²) < 4.78 is 11.0. The summed E-state index contributed by atoms with van der Waals surface area (Å²) in [7, 11) is 0.210. The zero-order chi connectivity index (χ0) is 20.8. The molecule has 0 atom stereocenters. The second-order valence-corrected chi connectivity index (χ2v) is 12.5. The Balaban J connectivity index is 2.01. The van der Waals surface area contributed by atoms with Gasteiger partial charge in [-0.05, 0) is 30.0 Å². The minimum atomic E-state index is -1.84. The zero-order valence-electron chi connectivity index (χ0n) is 18.2. The van der Waals surface area contributed by atoms with E-state index in [2.05, 4.69) is 78.1 Å². The Kier molecular flexibility index (Phi) is 4.32. The number of nitrogens with zero attached hydrogens (tertiary/aromatic N) is 2. The first kappa shape index (κ1) is 17.3. The molecule has 2 aromatic carbocycles. The molecular formula is C25H27N2Si+. The highest BCUT2D eigenvalue weighted by Crippen LogP contribution is 2.28. The van der Waals surface area contributed by atoms with Crippen molar-refractivity contribution in [3.8, 4) is 11.3 Å². The van der Waals surface area contributed by atoms with Crippen LogP contribution in [-0.4, -0.2) is 13.1 Å². The highest BCUT2D eigenvalue weighted by Gasteiger charge is 2.27. The minimum Gasteiger partial charge on any atom is -0.264 e. The molecule has 0 fully saturated rings. The summed E-state index contributed by atoms with van der Waals surface area (Å²) in [5.41, 5.74) is 4.41. The number of hydrogen-bond acceptors (Lipinski definition) is 1. The molecule has 4 aromatic rings. The van der Waals surface area contributed by atoms with Gasteiger partial charge in [-0.3, -0.25) is 4.98 Å². The van der Waals surface area contributed by atoms with Crippen molar-refractivity contribution in [1.29, 1.82) is 0 Å². The van der Waals surface area contributed by atoms with Crippen LogP contribution in [0.15, 0.2) is 73.0 Å². The largest absolute Gasteiger partial charge is 0.264 e. The fourth-order valence-electron chi connectivity index (χ4n) is 3.93. The van der Waals surface area contributed by atoms with Crippen molar-refractivity contribution in [2.24, 2.45) is 7.05 Å². The highest BCUT2D eigenvalue weighted by atomic mass is 28.3. The molecule has 0 amide bonds. The lowest BCUT2D eigenvalue weighted by molar-refractivity contribution is -0.665. The standard InChI is InChI=1S/C25H27N2Si/c1-18-13-14-26-17-24(18)25-23-12-11-22(16-20(23)15-19(2)27(25)3)28(4,5)21-9-7-6-8-10-21/h6-17H,1-5H3/q+1/i15D. The molecule has 4 rings (SSSR count). The summed E-state index contributed by atoms with van der Waals surface area (Å²) in [6, 6.07) is 20.2. The monoisotopic (exact) mass is 384 g/mol. The van der Waals surface area contributed by atoms with Gasteiger partial charge in [0.1, 0.15) is 15.1 Å². The van der Waals surface area contributed by atoms with E-state index in [1.807, 2.05) is 32.4 Å². The number of hydrogen-bond donors (Lipinski definition) is 0. The zero-order valence-corrected chi connectivity index (χ0v) is 18.2. The molecule has 28 heavy (non-hydrogen) atoms. The molecule has 0 unspecified atom stereocenters. The third-order valence-electron chi connectivity index (χ3n) is 5.94. The Labute approximate surface area is 169 Å². The normalized spacial score (nSPS) is 12.2. The van der Waals surface area contributed by atoms with Crippen LogP contribution in [0.2, 0.25) is 13.1 Å². The smallest absolute Gasteiger partial charge is 0.222 e. The van der Waals surface area contributed by atoms with Crippen LogP contribution < -0.4 is 14.9 Å². The van der Waals surface area contributed by atoms with Gasteiger partial charge < -0.3 is 0 Å². The van der Waals surface area contributed by atoms with Gasteiger partial charge >= 0.3 is 0 Å². The van der Waals surface area contributed by atoms with Gasteiger partial charge in [-0.2, -0.15) is 4.57 Å². The molecule has 2 heterocycles. The average molecular weight is 385 g/mol. The lowest BCUT2D eigenvalue weighted by Gasteiger charge is -2.24. The van der Waals surface area contributed by atoms with Gasteiger partial charge in [-0.25, -0.2) is 0 Å². The average Bonchev–Trinajstić information content (AvgIpc) is 2.74. The number of benzene rings is 2. The molecular weight excluding hydrogens is 356 g/mol. The van der Waals surface area contributed by atoms with Crippen LogP contribution >= 0.6 is 0 Å². The highest BCUT2D eigenvalue weighted by molar-refractivity contribution is 7.00. The number of rotatable bonds is 3. The molecule has 0 N–H and O–H groups in total. The summed E-state index contributed by atoms with van der Waals surface area (Å²) >= 11 is 0. The third kappa shape index (κ3) is 3.06. The SMILES string of the molecule is [2H]c1c(C)[n+](C)c(-c2cnccc2C)c2ccc([Si](C)(C)c3ccccc3)cc12. The number of aromatic nitrogens is 2. The molecule has 2 aromatic heterocycles. The van der Waals surface area contributed by atoms with Gasteiger partial charge in [0.15, 0.2) is 5.69 Å². The van der Waals surface area contributed by atoms with Crippen molar-refractivity contribution in [2.75, 3.05) is 0 Å². The number of aryl methyl sites for hydroxylation is 1. The lowest BCUT2D eigenvalue weighted by Crippen LogP contribution is -2.52. The van der Waals surface area contributed by atoms with Gasteiger partial charge in [-0.1, -0.05) is 65.9 Å². The van der Waals surface area contributed by atoms with Crippen LogP contribution in [0.3, 0.4) is 0 Å². The van der Waals surface area contributed by atoms with E-state index in [1.165, 1.54) is 15.9 Å². The van der Waals surface area contributed by atoms with E-state index in [-0.39, 0.29) is 0 Å². The number of pyridine rings is 2. The molecule has 0 bridgehead atoms. The molecule has 0 aliphatic rings. The second kappa shape index (κ2) is 6.99. The predicted molar refractivity (Wildman–Crippen MR) is 121 cm³/mol. The Morgan fingerprint density at radius 2 is 1.71 bits per heavy atom. The molecule has 3 heteroatoms. The van der Waals surface area contributed by atoms with E-state index in [0.717, 1.165) is 27.7 Å². The molecule has 0 aliphatic carbocycles. The van der Waals surface area contributed by atoms with E-state index in [4.69, 9.17) is 1.37 Å². The Morgan fingerprint density at radius 3 is 2.43 bits per heavy atom. The van der Waals surface area contributed by atoms with Crippen LogP contribution in [0.25, 0.3) is 22.0 Å². The maximum Gasteiger partial charge on any atom is 0.222 e. The van der Waals surface area contributed by atoms with E-state index < -0.39 is 8.07 Å². The number of fused-ring (bicyclic) bond motifs is 1. The maximum atomic E-state index is 8.83. The van der Waals surface area contributed by atoms with Crippen molar-refractivity contribution < 1.29 is 5.94 Å². The fraction of sp³-hybridized carbons (Fsp3) is 0.200. The summed E-state index contributed by atoms with van der Waals surface area (Å²) in [5, 5.41) is 4.90. The molecule has 0 radical (unpaired) electrons. The summed E-state index contributed by atoms with van der Waals surface area (Å²) in [4.78, 5) is 4.37. The minimum absolute atomic E-state index is 0.604. The molecule has 140 valence electrons. The molecule has 2 nitrogen and oxygen atoms in total. The van der Waals surface area contributed by atoms with Gasteiger partial charge in [-0.15, -0.1) is 0 Å². The Morgan fingerprint density at radius 1 is 0.964 bits per heavy atom. The van der Waals surface area contributed by atoms with E-state index >= 15 is 0 Å². The van der Waals surface area contributed by atoms with Crippen LogP contribution in [0.4, 0.5) is 0 Å². The Hall–Kier alpha value is -2.78. The lowest BCUT2D eigenvalue weighted by atomic mass is 10.0. The van der Waals surface area contributed by atoms with Crippen molar-refractivity contribution >= 4 is 29.2 Å². The van der Waals surface area contributed by atoms with Crippen molar-refractivity contribution in [2.45, 2.75) is 26.9 Å². The summed E-state index contributed by atoms with van der Waals surface area (Å²) in [5.74, 6) is 0. The first-order chi connectivity index (χ1) is 13.8. The maximum absolute atomic E-state index is 8.83. The van der Waals surface area contributed by atoms with Crippen LogP contribution in [-0.2, 0) is 7.05 Å². The van der Waals surface area contributed by atoms with Crippen molar-refractivity contribution in [3.05, 3.63) is 84.3 Å².